The van der Waals surface area contributed by atoms with E-state index in [-0.39, 0.29) is 0 Å². The van der Waals surface area contributed by atoms with E-state index in [1.807, 2.05) is 5.92 Å². The highest BCUT2D eigenvalue weighted by Gasteiger charge is 2.55. The first-order valence-electron chi connectivity index (χ1n) is 6.11. The van der Waals surface area contributed by atoms with Gasteiger partial charge in [-0.25, -0.2) is 4.39 Å². The van der Waals surface area contributed by atoms with Crippen LogP contribution in [-0.4, -0.2) is 16.9 Å². The van der Waals surface area contributed by atoms with Crippen molar-refractivity contribution in [2.24, 2.45) is 0 Å². The van der Waals surface area contributed by atoms with Gasteiger partial charge in [0.25, 0.3) is 0 Å². The zero-order valence-electron chi connectivity index (χ0n) is 11.6. The van der Waals surface area contributed by atoms with Gasteiger partial charge in [0.2, 0.25) is 0 Å². The van der Waals surface area contributed by atoms with Gasteiger partial charge in [0.1, 0.15) is 5.82 Å². The number of hydrogen-bond donors (Lipinski definition) is 1. The number of rotatable bonds is 4. The third-order valence-corrected chi connectivity index (χ3v) is 4.01. The average Bonchev–Trinajstić information content (AvgIpc) is 2.30. The van der Waals surface area contributed by atoms with Crippen molar-refractivity contribution in [2.75, 3.05) is 0 Å². The molecule has 0 heterocycles. The van der Waals surface area contributed by atoms with E-state index in [9.17, 15) is 22.7 Å². The smallest absolute Gasteiger partial charge is 0.380 e. The summed E-state index contributed by atoms with van der Waals surface area (Å²) >= 11 is 3.19. The summed E-state index contributed by atoms with van der Waals surface area (Å²) in [5.41, 5.74) is -3.82. The minimum absolute atomic E-state index is 0.335. The second-order valence-corrected chi connectivity index (χ2v) is 6.45. The van der Waals surface area contributed by atoms with Crippen molar-refractivity contribution in [3.63, 3.8) is 0 Å². The third-order valence-electron chi connectivity index (χ3n) is 3.31. The van der Waals surface area contributed by atoms with Gasteiger partial charge in [-0.3, -0.25) is 0 Å². The zero-order valence-corrected chi connectivity index (χ0v) is 13.1. The number of alkyl halides is 3. The van der Waals surface area contributed by atoms with Crippen LogP contribution in [0.15, 0.2) is 22.7 Å². The lowest BCUT2D eigenvalue weighted by atomic mass is 9.74. The summed E-state index contributed by atoms with van der Waals surface area (Å²) in [6.07, 6.45) is -1.45. The van der Waals surface area contributed by atoms with E-state index in [4.69, 9.17) is 6.42 Å². The molecule has 0 amide bonds. The molecule has 0 aliphatic carbocycles. The Balaban J connectivity index is 3.24. The fourth-order valence-corrected chi connectivity index (χ4v) is 3.06. The lowest BCUT2D eigenvalue weighted by Gasteiger charge is -2.37. The standard InChI is InChI=1S/C15H15BrF4O/c1-4-7-14(21,15(18,19)20)9-13(2,3)11-8-10(17)5-6-12(11)16/h1,5-6,8,21H,7,9H2,2-3H3. The number of terminal acetylenes is 1. The highest BCUT2D eigenvalue weighted by atomic mass is 79.9. The van der Waals surface area contributed by atoms with Gasteiger partial charge in [-0.2, -0.15) is 13.2 Å². The molecule has 6 heteroatoms. The van der Waals surface area contributed by atoms with Gasteiger partial charge in [0, 0.05) is 10.9 Å². The fraction of sp³-hybridized carbons (Fsp3) is 0.467. The van der Waals surface area contributed by atoms with Crippen molar-refractivity contribution in [3.8, 4) is 12.3 Å². The summed E-state index contributed by atoms with van der Waals surface area (Å²) in [5, 5.41) is 9.93. The molecule has 1 aromatic carbocycles. The van der Waals surface area contributed by atoms with E-state index in [0.717, 1.165) is 6.07 Å². The molecule has 1 rings (SSSR count). The van der Waals surface area contributed by atoms with Crippen molar-refractivity contribution in [2.45, 2.75) is 43.9 Å². The van der Waals surface area contributed by atoms with Crippen LogP contribution in [-0.2, 0) is 5.41 Å². The molecule has 1 N–H and O–H groups in total. The summed E-state index contributed by atoms with van der Waals surface area (Å²) in [4.78, 5) is 0. The summed E-state index contributed by atoms with van der Waals surface area (Å²) in [6.45, 7) is 3.00. The molecule has 0 saturated heterocycles. The Labute approximate surface area is 129 Å². The van der Waals surface area contributed by atoms with E-state index >= 15 is 0 Å². The molecule has 21 heavy (non-hydrogen) atoms. The van der Waals surface area contributed by atoms with Crippen LogP contribution in [0.25, 0.3) is 0 Å². The lowest BCUT2D eigenvalue weighted by molar-refractivity contribution is -0.264. The summed E-state index contributed by atoms with van der Waals surface area (Å²) < 4.78 is 53.1. The van der Waals surface area contributed by atoms with Crippen LogP contribution in [0.2, 0.25) is 0 Å². The maximum Gasteiger partial charge on any atom is 0.418 e. The molecule has 1 nitrogen and oxygen atoms in total. The number of benzene rings is 1. The monoisotopic (exact) mass is 366 g/mol. The van der Waals surface area contributed by atoms with E-state index in [1.165, 1.54) is 26.0 Å². The van der Waals surface area contributed by atoms with Crippen LogP contribution in [0.4, 0.5) is 17.6 Å². The third kappa shape index (κ3) is 3.98. The molecule has 0 radical (unpaired) electrons. The molecular formula is C15H15BrF4O. The molecule has 0 bridgehead atoms. The topological polar surface area (TPSA) is 20.2 Å². The predicted octanol–water partition coefficient (Wildman–Crippen LogP) is 4.57. The largest absolute Gasteiger partial charge is 0.418 e. The van der Waals surface area contributed by atoms with Crippen LogP contribution in [0, 0.1) is 18.2 Å². The van der Waals surface area contributed by atoms with Gasteiger partial charge in [-0.1, -0.05) is 29.8 Å². The predicted molar refractivity (Wildman–Crippen MR) is 76.2 cm³/mol. The Morgan fingerprint density at radius 3 is 2.33 bits per heavy atom. The number of hydrogen-bond acceptors (Lipinski definition) is 1. The highest BCUT2D eigenvalue weighted by Crippen LogP contribution is 2.44. The first-order chi connectivity index (χ1) is 9.43. The maximum atomic E-state index is 13.4. The van der Waals surface area contributed by atoms with Crippen molar-refractivity contribution >= 4 is 15.9 Å². The second kappa shape index (κ2) is 5.98. The molecular weight excluding hydrogens is 352 g/mol. The Kier molecular flexibility index (Phi) is 5.12. The second-order valence-electron chi connectivity index (χ2n) is 5.60. The van der Waals surface area contributed by atoms with Crippen LogP contribution in [0.1, 0.15) is 32.3 Å². The van der Waals surface area contributed by atoms with Crippen molar-refractivity contribution in [1.29, 1.82) is 0 Å². The van der Waals surface area contributed by atoms with Gasteiger partial charge < -0.3 is 5.11 Å². The molecule has 0 saturated carbocycles. The summed E-state index contributed by atoms with van der Waals surface area (Å²) in [6, 6.07) is 3.76. The average molecular weight is 367 g/mol. The minimum Gasteiger partial charge on any atom is -0.380 e. The quantitative estimate of drug-likeness (QED) is 0.611. The van der Waals surface area contributed by atoms with Gasteiger partial charge in [-0.05, 0) is 35.6 Å². The highest BCUT2D eigenvalue weighted by molar-refractivity contribution is 9.10. The molecule has 0 aliphatic heterocycles. The van der Waals surface area contributed by atoms with Gasteiger partial charge in [-0.15, -0.1) is 12.3 Å². The van der Waals surface area contributed by atoms with Crippen LogP contribution in [0.5, 0.6) is 0 Å². The molecule has 1 unspecified atom stereocenters. The molecule has 1 atom stereocenters. The van der Waals surface area contributed by atoms with Crippen LogP contribution >= 0.6 is 15.9 Å². The fourth-order valence-electron chi connectivity index (χ4n) is 2.27. The van der Waals surface area contributed by atoms with Crippen molar-refractivity contribution < 1.29 is 22.7 Å². The number of aliphatic hydroxyl groups is 1. The first kappa shape index (κ1) is 18.0. The normalized spacial score (nSPS) is 15.4. The van der Waals surface area contributed by atoms with E-state index in [0.29, 0.717) is 10.0 Å². The maximum absolute atomic E-state index is 13.4. The Bertz CT molecular complexity index is 560. The Morgan fingerprint density at radius 2 is 1.86 bits per heavy atom. The van der Waals surface area contributed by atoms with Crippen molar-refractivity contribution in [3.05, 3.63) is 34.1 Å². The van der Waals surface area contributed by atoms with Gasteiger partial charge in [0.05, 0.1) is 0 Å². The minimum atomic E-state index is -4.86. The Morgan fingerprint density at radius 1 is 1.29 bits per heavy atom. The van der Waals surface area contributed by atoms with Gasteiger partial charge >= 0.3 is 6.18 Å². The molecule has 0 fully saturated rings. The van der Waals surface area contributed by atoms with E-state index < -0.39 is 35.9 Å². The summed E-state index contributed by atoms with van der Waals surface area (Å²) in [7, 11) is 0. The van der Waals surface area contributed by atoms with E-state index in [2.05, 4.69) is 15.9 Å². The molecule has 1 aromatic rings. The lowest BCUT2D eigenvalue weighted by Crippen LogP contribution is -2.49. The molecule has 0 aliphatic rings. The molecule has 116 valence electrons. The molecule has 0 spiro atoms. The van der Waals surface area contributed by atoms with Crippen molar-refractivity contribution in [1.82, 2.24) is 0 Å². The molecule has 0 aromatic heterocycles. The van der Waals surface area contributed by atoms with Gasteiger partial charge in [0.15, 0.2) is 5.60 Å². The zero-order chi connectivity index (χ0) is 16.5. The van der Waals surface area contributed by atoms with Crippen LogP contribution < -0.4 is 0 Å². The SMILES string of the molecule is C#CCC(O)(CC(C)(C)c1cc(F)ccc1Br)C(F)(F)F. The van der Waals surface area contributed by atoms with Crippen LogP contribution in [0.3, 0.4) is 0 Å². The summed E-state index contributed by atoms with van der Waals surface area (Å²) in [5.74, 6) is 1.30. The first-order valence-corrected chi connectivity index (χ1v) is 6.90. The Hall–Kier alpha value is -1.06. The van der Waals surface area contributed by atoms with E-state index in [1.54, 1.807) is 0 Å². The number of halogens is 5.